The van der Waals surface area contributed by atoms with Crippen molar-refractivity contribution in [2.75, 3.05) is 6.54 Å². The van der Waals surface area contributed by atoms with E-state index in [1.165, 1.54) is 0 Å². The first kappa shape index (κ1) is 16.4. The van der Waals surface area contributed by atoms with E-state index >= 15 is 0 Å². The number of nitrogens with one attached hydrogen (secondary N) is 1. The summed E-state index contributed by atoms with van der Waals surface area (Å²) in [5.41, 5.74) is 0.891. The number of aryl methyl sites for hydroxylation is 1. The summed E-state index contributed by atoms with van der Waals surface area (Å²) in [6.07, 6.45) is 3.48. The number of amides is 2. The zero-order valence-corrected chi connectivity index (χ0v) is 13.8. The fourth-order valence-corrected chi connectivity index (χ4v) is 3.14. The zero-order valence-electron chi connectivity index (χ0n) is 13.8. The second-order valence-corrected chi connectivity index (χ2v) is 6.14. The summed E-state index contributed by atoms with van der Waals surface area (Å²) in [6.45, 7) is 1.03. The summed E-state index contributed by atoms with van der Waals surface area (Å²) in [4.78, 5) is 18.3. The maximum Gasteiger partial charge on any atom is 0.318 e. The quantitative estimate of drug-likeness (QED) is 0.873. The molecule has 2 heterocycles. The van der Waals surface area contributed by atoms with Crippen LogP contribution in [0, 0.1) is 0 Å². The summed E-state index contributed by atoms with van der Waals surface area (Å²) in [5.74, 6) is 0.589. The molecule has 1 aliphatic rings. The third-order valence-corrected chi connectivity index (χ3v) is 4.36. The molecule has 0 aliphatic carbocycles. The minimum Gasteiger partial charge on any atom is -0.388 e. The van der Waals surface area contributed by atoms with Crippen molar-refractivity contribution in [2.45, 2.75) is 38.0 Å². The van der Waals surface area contributed by atoms with Crippen molar-refractivity contribution >= 4 is 6.03 Å². The Morgan fingerprint density at radius 1 is 1.42 bits per heavy atom. The molecule has 0 saturated carbocycles. The van der Waals surface area contributed by atoms with Gasteiger partial charge in [0.2, 0.25) is 0 Å². The van der Waals surface area contributed by atoms with Crippen LogP contribution in [0.3, 0.4) is 0 Å². The van der Waals surface area contributed by atoms with E-state index in [4.69, 9.17) is 0 Å². The SMILES string of the molecule is Cn1cnc(CNC(=O)N2CCC[C@H]2C[C@@H](O)c2ccccc2)n1. The Morgan fingerprint density at radius 2 is 2.21 bits per heavy atom. The van der Waals surface area contributed by atoms with Crippen molar-refractivity contribution in [1.29, 1.82) is 0 Å². The van der Waals surface area contributed by atoms with Crippen LogP contribution in [0.2, 0.25) is 0 Å². The Kier molecular flexibility index (Phi) is 5.10. The molecule has 1 fully saturated rings. The molecule has 2 N–H and O–H groups in total. The predicted molar refractivity (Wildman–Crippen MR) is 89.0 cm³/mol. The number of aliphatic hydroxyl groups is 1. The third-order valence-electron chi connectivity index (χ3n) is 4.36. The molecule has 128 valence electrons. The molecular formula is C17H23N5O2. The van der Waals surface area contributed by atoms with Crippen LogP contribution in [-0.2, 0) is 13.6 Å². The highest BCUT2D eigenvalue weighted by Crippen LogP contribution is 2.27. The lowest BCUT2D eigenvalue weighted by molar-refractivity contribution is 0.126. The first-order valence-corrected chi connectivity index (χ1v) is 8.25. The van der Waals surface area contributed by atoms with Crippen LogP contribution < -0.4 is 5.32 Å². The number of aromatic nitrogens is 3. The lowest BCUT2D eigenvalue weighted by atomic mass is 10.0. The van der Waals surface area contributed by atoms with E-state index in [1.807, 2.05) is 35.2 Å². The molecule has 2 amide bonds. The van der Waals surface area contributed by atoms with Crippen molar-refractivity contribution in [1.82, 2.24) is 25.0 Å². The van der Waals surface area contributed by atoms with Crippen LogP contribution in [0.15, 0.2) is 36.7 Å². The van der Waals surface area contributed by atoms with Crippen molar-refractivity contribution in [2.24, 2.45) is 7.05 Å². The van der Waals surface area contributed by atoms with E-state index in [-0.39, 0.29) is 12.1 Å². The molecule has 2 aromatic rings. The summed E-state index contributed by atoms with van der Waals surface area (Å²) in [6, 6.07) is 9.52. The van der Waals surface area contributed by atoms with Gasteiger partial charge < -0.3 is 15.3 Å². The molecule has 1 aromatic heterocycles. The predicted octanol–water partition coefficient (Wildman–Crippen LogP) is 1.61. The third kappa shape index (κ3) is 3.91. The molecule has 0 bridgehead atoms. The van der Waals surface area contributed by atoms with Crippen molar-refractivity contribution in [3.05, 3.63) is 48.0 Å². The Labute approximate surface area is 141 Å². The molecule has 0 unspecified atom stereocenters. The molecule has 7 heteroatoms. The second-order valence-electron chi connectivity index (χ2n) is 6.14. The number of urea groups is 1. The average molecular weight is 329 g/mol. The van der Waals surface area contributed by atoms with Crippen LogP contribution in [0.25, 0.3) is 0 Å². The largest absolute Gasteiger partial charge is 0.388 e. The molecule has 1 aromatic carbocycles. The average Bonchev–Trinajstić information content (AvgIpc) is 3.22. The van der Waals surface area contributed by atoms with Crippen LogP contribution in [-0.4, -0.2) is 43.4 Å². The van der Waals surface area contributed by atoms with E-state index in [0.29, 0.717) is 25.3 Å². The molecule has 0 spiro atoms. The van der Waals surface area contributed by atoms with Gasteiger partial charge in [0.1, 0.15) is 6.33 Å². The van der Waals surface area contributed by atoms with E-state index in [0.717, 1.165) is 18.4 Å². The number of benzene rings is 1. The molecule has 24 heavy (non-hydrogen) atoms. The van der Waals surface area contributed by atoms with E-state index in [1.54, 1.807) is 18.1 Å². The molecular weight excluding hydrogens is 306 g/mol. The zero-order chi connectivity index (χ0) is 16.9. The van der Waals surface area contributed by atoms with Gasteiger partial charge in [-0.3, -0.25) is 4.68 Å². The molecule has 1 saturated heterocycles. The second kappa shape index (κ2) is 7.44. The van der Waals surface area contributed by atoms with Crippen LogP contribution in [0.5, 0.6) is 0 Å². The fourth-order valence-electron chi connectivity index (χ4n) is 3.14. The van der Waals surface area contributed by atoms with Gasteiger partial charge in [-0.05, 0) is 24.8 Å². The Bertz CT molecular complexity index is 673. The van der Waals surface area contributed by atoms with Gasteiger partial charge in [-0.15, -0.1) is 0 Å². The highest BCUT2D eigenvalue weighted by atomic mass is 16.3. The maximum absolute atomic E-state index is 12.4. The number of carbonyl (C=O) groups excluding carboxylic acids is 1. The molecule has 0 radical (unpaired) electrons. The Hall–Kier alpha value is -2.41. The van der Waals surface area contributed by atoms with Crippen LogP contribution >= 0.6 is 0 Å². The van der Waals surface area contributed by atoms with Gasteiger partial charge in [0, 0.05) is 19.6 Å². The number of hydrogen-bond acceptors (Lipinski definition) is 4. The smallest absolute Gasteiger partial charge is 0.318 e. The lowest BCUT2D eigenvalue weighted by Crippen LogP contribution is -2.43. The summed E-state index contributed by atoms with van der Waals surface area (Å²) in [7, 11) is 1.79. The maximum atomic E-state index is 12.4. The molecule has 2 atom stereocenters. The molecule has 1 aliphatic heterocycles. The Balaban J connectivity index is 1.55. The fraction of sp³-hybridized carbons (Fsp3) is 0.471. The normalized spacial score (nSPS) is 18.6. The van der Waals surface area contributed by atoms with Gasteiger partial charge in [0.15, 0.2) is 5.82 Å². The summed E-state index contributed by atoms with van der Waals surface area (Å²) < 4.78 is 1.61. The standard InChI is InChI=1S/C17H23N5O2/c1-21-12-19-16(20-21)11-18-17(24)22-9-5-8-14(22)10-15(23)13-6-3-2-4-7-13/h2-4,6-7,12,14-15,23H,5,8-11H2,1H3,(H,18,24)/t14-,15+/m0/s1. The minimum absolute atomic E-state index is 0.0527. The van der Waals surface area contributed by atoms with Gasteiger partial charge in [0.05, 0.1) is 12.6 Å². The van der Waals surface area contributed by atoms with Gasteiger partial charge >= 0.3 is 6.03 Å². The topological polar surface area (TPSA) is 83.3 Å². The number of nitrogens with zero attached hydrogens (tertiary/aromatic N) is 4. The van der Waals surface area contributed by atoms with Crippen molar-refractivity contribution < 1.29 is 9.90 Å². The molecule has 7 nitrogen and oxygen atoms in total. The van der Waals surface area contributed by atoms with Crippen molar-refractivity contribution in [3.8, 4) is 0 Å². The minimum atomic E-state index is -0.554. The monoisotopic (exact) mass is 329 g/mol. The van der Waals surface area contributed by atoms with Gasteiger partial charge in [-0.25, -0.2) is 9.78 Å². The number of hydrogen-bond donors (Lipinski definition) is 2. The van der Waals surface area contributed by atoms with Gasteiger partial charge in [-0.2, -0.15) is 5.10 Å². The number of carbonyl (C=O) groups is 1. The highest BCUT2D eigenvalue weighted by molar-refractivity contribution is 5.74. The summed E-state index contributed by atoms with van der Waals surface area (Å²) in [5, 5.41) is 17.4. The van der Waals surface area contributed by atoms with Crippen molar-refractivity contribution in [3.63, 3.8) is 0 Å². The summed E-state index contributed by atoms with van der Waals surface area (Å²) >= 11 is 0. The number of aliphatic hydroxyl groups excluding tert-OH is 1. The highest BCUT2D eigenvalue weighted by Gasteiger charge is 2.30. The first-order chi connectivity index (χ1) is 11.6. The number of likely N-dealkylation sites (tertiary alicyclic amines) is 1. The van der Waals surface area contributed by atoms with E-state index in [2.05, 4.69) is 15.4 Å². The van der Waals surface area contributed by atoms with Crippen LogP contribution in [0.1, 0.15) is 36.8 Å². The van der Waals surface area contributed by atoms with E-state index < -0.39 is 6.10 Å². The van der Waals surface area contributed by atoms with Gasteiger partial charge in [0.25, 0.3) is 0 Å². The molecule has 3 rings (SSSR count). The van der Waals surface area contributed by atoms with E-state index in [9.17, 15) is 9.90 Å². The first-order valence-electron chi connectivity index (χ1n) is 8.25. The Morgan fingerprint density at radius 3 is 2.92 bits per heavy atom. The van der Waals surface area contributed by atoms with Crippen LogP contribution in [0.4, 0.5) is 4.79 Å². The number of rotatable bonds is 5. The lowest BCUT2D eigenvalue weighted by Gasteiger charge is -2.26. The van der Waals surface area contributed by atoms with Gasteiger partial charge in [-0.1, -0.05) is 30.3 Å².